The molecule has 1 rings (SSSR count). The zero-order valence-corrected chi connectivity index (χ0v) is 9.99. The van der Waals surface area contributed by atoms with E-state index < -0.39 is 11.8 Å². The second-order valence-electron chi connectivity index (χ2n) is 3.69. The fourth-order valence-corrected chi connectivity index (χ4v) is 1.35. The SMILES string of the molecule is CCOc1cc(F)cc(C(=O)O)c1OC(C)C. The fraction of sp³-hybridized carbons (Fsp3) is 0.417. The normalized spacial score (nSPS) is 10.4. The van der Waals surface area contributed by atoms with Crippen LogP contribution in [-0.4, -0.2) is 23.8 Å². The van der Waals surface area contributed by atoms with Gasteiger partial charge >= 0.3 is 5.97 Å². The molecule has 17 heavy (non-hydrogen) atoms. The van der Waals surface area contributed by atoms with E-state index in [9.17, 15) is 9.18 Å². The summed E-state index contributed by atoms with van der Waals surface area (Å²) in [6.07, 6.45) is -0.224. The van der Waals surface area contributed by atoms with Crippen molar-refractivity contribution in [1.29, 1.82) is 0 Å². The maximum absolute atomic E-state index is 13.2. The van der Waals surface area contributed by atoms with E-state index in [2.05, 4.69) is 0 Å². The summed E-state index contributed by atoms with van der Waals surface area (Å²) < 4.78 is 23.8. The first-order valence-electron chi connectivity index (χ1n) is 5.32. The molecule has 0 bridgehead atoms. The molecule has 0 radical (unpaired) electrons. The molecule has 0 aromatic heterocycles. The van der Waals surface area contributed by atoms with Crippen molar-refractivity contribution in [2.75, 3.05) is 6.61 Å². The van der Waals surface area contributed by atoms with Crippen molar-refractivity contribution < 1.29 is 23.8 Å². The largest absolute Gasteiger partial charge is 0.490 e. The number of hydrogen-bond acceptors (Lipinski definition) is 3. The quantitative estimate of drug-likeness (QED) is 0.862. The van der Waals surface area contributed by atoms with Gasteiger partial charge in [-0.25, -0.2) is 9.18 Å². The van der Waals surface area contributed by atoms with E-state index in [-0.39, 0.29) is 23.2 Å². The van der Waals surface area contributed by atoms with Gasteiger partial charge in [-0.1, -0.05) is 0 Å². The van der Waals surface area contributed by atoms with Crippen LogP contribution in [0.2, 0.25) is 0 Å². The minimum atomic E-state index is -1.25. The summed E-state index contributed by atoms with van der Waals surface area (Å²) in [7, 11) is 0. The molecule has 0 spiro atoms. The molecular formula is C12H15FO4. The van der Waals surface area contributed by atoms with Crippen LogP contribution in [0.5, 0.6) is 11.5 Å². The molecule has 1 aromatic carbocycles. The predicted octanol–water partition coefficient (Wildman–Crippen LogP) is 2.71. The van der Waals surface area contributed by atoms with Gasteiger partial charge in [-0.3, -0.25) is 0 Å². The molecule has 0 saturated heterocycles. The monoisotopic (exact) mass is 242 g/mol. The number of benzene rings is 1. The number of aromatic carboxylic acids is 1. The molecule has 0 aliphatic carbocycles. The van der Waals surface area contributed by atoms with Crippen molar-refractivity contribution in [1.82, 2.24) is 0 Å². The van der Waals surface area contributed by atoms with Crippen LogP contribution in [0.25, 0.3) is 0 Å². The maximum Gasteiger partial charge on any atom is 0.339 e. The number of halogens is 1. The molecule has 0 saturated carbocycles. The van der Waals surface area contributed by atoms with Gasteiger partial charge in [0.25, 0.3) is 0 Å². The van der Waals surface area contributed by atoms with E-state index in [1.807, 2.05) is 0 Å². The molecule has 5 heteroatoms. The van der Waals surface area contributed by atoms with Gasteiger partial charge in [0.2, 0.25) is 0 Å². The van der Waals surface area contributed by atoms with E-state index in [0.717, 1.165) is 12.1 Å². The number of carboxylic acids is 1. The lowest BCUT2D eigenvalue weighted by atomic mass is 10.1. The average Bonchev–Trinajstić information content (AvgIpc) is 2.21. The van der Waals surface area contributed by atoms with Crippen molar-refractivity contribution >= 4 is 5.97 Å². The van der Waals surface area contributed by atoms with Gasteiger partial charge in [0.15, 0.2) is 11.5 Å². The highest BCUT2D eigenvalue weighted by atomic mass is 19.1. The maximum atomic E-state index is 13.2. The van der Waals surface area contributed by atoms with E-state index in [1.54, 1.807) is 20.8 Å². The molecule has 1 N–H and O–H groups in total. The standard InChI is InChI=1S/C12H15FO4/c1-4-16-10-6-8(13)5-9(12(14)15)11(10)17-7(2)3/h5-7H,4H2,1-3H3,(H,14,15). The van der Waals surface area contributed by atoms with Crippen LogP contribution in [0.4, 0.5) is 4.39 Å². The zero-order chi connectivity index (χ0) is 13.0. The minimum Gasteiger partial charge on any atom is -0.490 e. The predicted molar refractivity (Wildman–Crippen MR) is 60.3 cm³/mol. The summed E-state index contributed by atoms with van der Waals surface area (Å²) in [5.74, 6) is -1.74. The second-order valence-corrected chi connectivity index (χ2v) is 3.69. The van der Waals surface area contributed by atoms with Crippen molar-refractivity contribution in [2.24, 2.45) is 0 Å². The van der Waals surface area contributed by atoms with Gasteiger partial charge in [0.1, 0.15) is 11.4 Å². The summed E-state index contributed by atoms with van der Waals surface area (Å²) >= 11 is 0. The Morgan fingerprint density at radius 1 is 1.47 bits per heavy atom. The first-order valence-corrected chi connectivity index (χ1v) is 5.32. The van der Waals surface area contributed by atoms with Crippen LogP contribution in [0.1, 0.15) is 31.1 Å². The number of carbonyl (C=O) groups is 1. The Morgan fingerprint density at radius 3 is 2.59 bits per heavy atom. The van der Waals surface area contributed by atoms with Gasteiger partial charge in [-0.2, -0.15) is 0 Å². The average molecular weight is 242 g/mol. The van der Waals surface area contributed by atoms with Crippen LogP contribution in [-0.2, 0) is 0 Å². The summed E-state index contributed by atoms with van der Waals surface area (Å²) in [6, 6.07) is 2.04. The summed E-state index contributed by atoms with van der Waals surface area (Å²) in [5, 5.41) is 8.99. The lowest BCUT2D eigenvalue weighted by molar-refractivity contribution is 0.0688. The Hall–Kier alpha value is -1.78. The second kappa shape index (κ2) is 5.52. The summed E-state index contributed by atoms with van der Waals surface area (Å²) in [4.78, 5) is 11.0. The highest BCUT2D eigenvalue weighted by molar-refractivity contribution is 5.92. The van der Waals surface area contributed by atoms with Crippen molar-refractivity contribution in [3.05, 3.63) is 23.5 Å². The fourth-order valence-electron chi connectivity index (χ4n) is 1.35. The first kappa shape index (κ1) is 13.3. The third-order valence-electron chi connectivity index (χ3n) is 1.90. The smallest absolute Gasteiger partial charge is 0.339 e. The van der Waals surface area contributed by atoms with Crippen molar-refractivity contribution in [2.45, 2.75) is 26.9 Å². The molecule has 0 aliphatic rings. The van der Waals surface area contributed by atoms with Gasteiger partial charge in [0, 0.05) is 6.07 Å². The van der Waals surface area contributed by atoms with Gasteiger partial charge in [-0.05, 0) is 26.8 Å². The highest BCUT2D eigenvalue weighted by Gasteiger charge is 2.20. The number of hydrogen-bond donors (Lipinski definition) is 1. The molecule has 0 heterocycles. The van der Waals surface area contributed by atoms with Gasteiger partial charge < -0.3 is 14.6 Å². The van der Waals surface area contributed by atoms with Gasteiger partial charge in [0.05, 0.1) is 12.7 Å². The lowest BCUT2D eigenvalue weighted by Gasteiger charge is -2.16. The molecule has 0 atom stereocenters. The van der Waals surface area contributed by atoms with E-state index >= 15 is 0 Å². The van der Waals surface area contributed by atoms with Crippen molar-refractivity contribution in [3.63, 3.8) is 0 Å². The Bertz CT molecular complexity index is 415. The Kier molecular flexibility index (Phi) is 4.31. The van der Waals surface area contributed by atoms with Crippen LogP contribution >= 0.6 is 0 Å². The summed E-state index contributed by atoms with van der Waals surface area (Å²) in [6.45, 7) is 5.54. The topological polar surface area (TPSA) is 55.8 Å². The highest BCUT2D eigenvalue weighted by Crippen LogP contribution is 2.33. The Labute approximate surface area is 99.0 Å². The van der Waals surface area contributed by atoms with Gasteiger partial charge in [-0.15, -0.1) is 0 Å². The lowest BCUT2D eigenvalue weighted by Crippen LogP contribution is -2.12. The minimum absolute atomic E-state index is 0.0655. The Balaban J connectivity index is 3.30. The molecule has 1 aromatic rings. The summed E-state index contributed by atoms with van der Waals surface area (Å²) in [5.41, 5.74) is -0.234. The number of carboxylic acid groups (broad SMARTS) is 1. The van der Waals surface area contributed by atoms with Crippen LogP contribution in [0, 0.1) is 5.82 Å². The number of ether oxygens (including phenoxy) is 2. The third kappa shape index (κ3) is 3.34. The molecule has 0 aliphatic heterocycles. The van der Waals surface area contributed by atoms with Crippen LogP contribution < -0.4 is 9.47 Å². The zero-order valence-electron chi connectivity index (χ0n) is 9.99. The molecule has 94 valence electrons. The van der Waals surface area contributed by atoms with E-state index in [4.69, 9.17) is 14.6 Å². The first-order chi connectivity index (χ1) is 7.95. The number of rotatable bonds is 5. The Morgan fingerprint density at radius 2 is 2.12 bits per heavy atom. The third-order valence-corrected chi connectivity index (χ3v) is 1.90. The molecule has 0 amide bonds. The van der Waals surface area contributed by atoms with Crippen molar-refractivity contribution in [3.8, 4) is 11.5 Å². The molecule has 0 fully saturated rings. The molecular weight excluding hydrogens is 227 g/mol. The van der Waals surface area contributed by atoms with Crippen LogP contribution in [0.15, 0.2) is 12.1 Å². The van der Waals surface area contributed by atoms with E-state index in [0.29, 0.717) is 6.61 Å². The van der Waals surface area contributed by atoms with E-state index in [1.165, 1.54) is 0 Å². The van der Waals surface area contributed by atoms with Crippen LogP contribution in [0.3, 0.4) is 0 Å². The molecule has 4 nitrogen and oxygen atoms in total. The molecule has 0 unspecified atom stereocenters.